The van der Waals surface area contributed by atoms with Crippen LogP contribution in [0.5, 0.6) is 0 Å². The van der Waals surface area contributed by atoms with Crippen molar-refractivity contribution in [2.75, 3.05) is 4.90 Å². The number of fused-ring (bicyclic) bond motifs is 5. The molecule has 52 heavy (non-hydrogen) atoms. The molecule has 0 N–H and O–H groups in total. The van der Waals surface area contributed by atoms with Gasteiger partial charge < -0.3 is 9.32 Å². The molecule has 0 aliphatic heterocycles. The van der Waals surface area contributed by atoms with Crippen LogP contribution < -0.4 is 4.90 Å². The average Bonchev–Trinajstić information content (AvgIpc) is 3.67. The van der Waals surface area contributed by atoms with Crippen molar-refractivity contribution in [2.24, 2.45) is 0 Å². The third kappa shape index (κ3) is 5.12. The van der Waals surface area contributed by atoms with E-state index in [4.69, 9.17) is 7.16 Å². The molecule has 0 saturated carbocycles. The lowest BCUT2D eigenvalue weighted by Crippen LogP contribution is -2.10. The maximum Gasteiger partial charge on any atom is 0.143 e. The van der Waals surface area contributed by atoms with Crippen LogP contribution in [0.4, 0.5) is 17.1 Å². The van der Waals surface area contributed by atoms with E-state index in [2.05, 4.69) is 0 Å². The minimum Gasteiger partial charge on any atom is -0.455 e. The second-order valence-corrected chi connectivity index (χ2v) is 12.7. The normalized spacial score (nSPS) is 13.6. The summed E-state index contributed by atoms with van der Waals surface area (Å²) >= 11 is 0. The number of hydrogen-bond acceptors (Lipinski definition) is 2. The summed E-state index contributed by atoms with van der Waals surface area (Å²) in [5.74, 6) is 0. The van der Waals surface area contributed by atoms with Crippen LogP contribution in [0.1, 0.15) is 11.0 Å². The number of para-hydroxylation sites is 2. The topological polar surface area (TPSA) is 16.4 Å². The highest BCUT2D eigenvalue weighted by molar-refractivity contribution is 6.09. The van der Waals surface area contributed by atoms with Gasteiger partial charge in [-0.05, 0) is 80.3 Å². The Bertz CT molecular complexity index is 3310. The Hall–Kier alpha value is -6.90. The van der Waals surface area contributed by atoms with Crippen molar-refractivity contribution in [1.82, 2.24) is 0 Å². The molecular formula is C50H33NO. The Balaban J connectivity index is 1.16. The fourth-order valence-electron chi connectivity index (χ4n) is 7.11. The molecule has 10 rings (SSSR count). The molecule has 0 spiro atoms. The zero-order valence-corrected chi connectivity index (χ0v) is 27.8. The van der Waals surface area contributed by atoms with Gasteiger partial charge in [-0.3, -0.25) is 0 Å². The second kappa shape index (κ2) is 12.5. The maximum atomic E-state index is 9.53. The predicted molar refractivity (Wildman–Crippen MR) is 220 cm³/mol. The van der Waals surface area contributed by atoms with E-state index in [1.165, 1.54) is 0 Å². The third-order valence-electron chi connectivity index (χ3n) is 9.62. The number of anilines is 3. The maximum absolute atomic E-state index is 9.53. The van der Waals surface area contributed by atoms with E-state index < -0.39 is 36.3 Å². The molecule has 0 fully saturated rings. The van der Waals surface area contributed by atoms with Gasteiger partial charge in [-0.1, -0.05) is 164 Å². The summed E-state index contributed by atoms with van der Waals surface area (Å²) in [4.78, 5) is 1.72. The van der Waals surface area contributed by atoms with Crippen molar-refractivity contribution in [1.29, 1.82) is 0 Å². The fourth-order valence-corrected chi connectivity index (χ4v) is 7.11. The molecule has 9 aromatic carbocycles. The number of nitrogens with zero attached hydrogens (tertiary/aromatic N) is 1. The van der Waals surface area contributed by atoms with Gasteiger partial charge in [0.1, 0.15) is 11.2 Å². The monoisotopic (exact) mass is 671 g/mol. The Morgan fingerprint density at radius 3 is 1.67 bits per heavy atom. The number of furan rings is 1. The van der Waals surface area contributed by atoms with Gasteiger partial charge >= 0.3 is 0 Å². The van der Waals surface area contributed by atoms with Crippen molar-refractivity contribution >= 4 is 60.5 Å². The minimum atomic E-state index is -0.483. The highest BCUT2D eigenvalue weighted by Crippen LogP contribution is 2.42. The van der Waals surface area contributed by atoms with Crippen LogP contribution in [-0.4, -0.2) is 0 Å². The zero-order chi connectivity index (χ0) is 41.4. The number of benzene rings is 9. The summed E-state index contributed by atoms with van der Waals surface area (Å²) < 4.78 is 80.8. The van der Waals surface area contributed by atoms with Gasteiger partial charge in [0, 0.05) is 33.1 Å². The quantitative estimate of drug-likeness (QED) is 0.175. The summed E-state index contributed by atoms with van der Waals surface area (Å²) in [6, 6.07) is 44.7. The third-order valence-corrected chi connectivity index (χ3v) is 9.62. The van der Waals surface area contributed by atoms with Gasteiger partial charge in [0.15, 0.2) is 0 Å². The van der Waals surface area contributed by atoms with E-state index in [-0.39, 0.29) is 34.5 Å². The predicted octanol–water partition coefficient (Wildman–Crippen LogP) is 14.4. The highest BCUT2D eigenvalue weighted by Gasteiger charge is 2.17. The largest absolute Gasteiger partial charge is 0.455 e. The SMILES string of the molecule is [2H]c1c([2H])c(-c2cccc3ccccc23)c([2H])c([2H])c1-c1c([2H])c([2H])c(N(c2ccc(-c3cccc4c3oc3ccccc34)cc2)c2cccc3ccccc23)c([2H])c1[2H]. The second-order valence-electron chi connectivity index (χ2n) is 12.7. The Labute approximate surface area is 313 Å². The van der Waals surface area contributed by atoms with E-state index in [0.29, 0.717) is 16.9 Å². The van der Waals surface area contributed by atoms with Gasteiger partial charge in [0.2, 0.25) is 0 Å². The van der Waals surface area contributed by atoms with Crippen molar-refractivity contribution < 1.29 is 15.4 Å². The minimum absolute atomic E-state index is 0.0279. The molecule has 1 heterocycles. The molecule has 244 valence electrons. The van der Waals surface area contributed by atoms with Crippen molar-refractivity contribution in [3.8, 4) is 33.4 Å². The first kappa shape index (κ1) is 22.7. The highest BCUT2D eigenvalue weighted by atomic mass is 16.3. The fraction of sp³-hybridized carbons (Fsp3) is 0. The van der Waals surface area contributed by atoms with Crippen LogP contribution in [0, 0.1) is 0 Å². The Kier molecular flexibility index (Phi) is 5.45. The first-order valence-corrected chi connectivity index (χ1v) is 17.1. The molecule has 0 saturated heterocycles. The lowest BCUT2D eigenvalue weighted by Gasteiger charge is -2.27. The zero-order valence-electron chi connectivity index (χ0n) is 35.8. The summed E-state index contributed by atoms with van der Waals surface area (Å²) in [5.41, 5.74) is 4.52. The molecule has 1 aromatic heterocycles. The lowest BCUT2D eigenvalue weighted by molar-refractivity contribution is 0.670. The van der Waals surface area contributed by atoms with Crippen LogP contribution in [0.3, 0.4) is 0 Å². The van der Waals surface area contributed by atoms with E-state index in [9.17, 15) is 8.22 Å². The van der Waals surface area contributed by atoms with Gasteiger partial charge in [-0.2, -0.15) is 0 Å². The first-order chi connectivity index (χ1) is 29.1. The molecule has 0 unspecified atom stereocenters. The van der Waals surface area contributed by atoms with Crippen LogP contribution >= 0.6 is 0 Å². The van der Waals surface area contributed by atoms with Crippen LogP contribution in [0.15, 0.2) is 204 Å². The molecule has 2 nitrogen and oxygen atoms in total. The summed E-state index contributed by atoms with van der Waals surface area (Å²) in [6.07, 6.45) is 0. The molecule has 0 aliphatic carbocycles. The molecule has 0 atom stereocenters. The molecule has 0 aliphatic rings. The molecule has 2 heteroatoms. The molecule has 10 aromatic rings. The van der Waals surface area contributed by atoms with E-state index in [1.807, 2.05) is 140 Å². The van der Waals surface area contributed by atoms with Gasteiger partial charge in [-0.15, -0.1) is 0 Å². The summed E-state index contributed by atoms with van der Waals surface area (Å²) in [6.45, 7) is 0. The van der Waals surface area contributed by atoms with Crippen molar-refractivity contribution in [2.45, 2.75) is 0 Å². The van der Waals surface area contributed by atoms with E-state index in [0.717, 1.165) is 54.6 Å². The smallest absolute Gasteiger partial charge is 0.143 e. The summed E-state index contributed by atoms with van der Waals surface area (Å²) in [5, 5.41) is 5.39. The molecular weight excluding hydrogens is 631 g/mol. The standard InChI is InChI=1S/C50H33NO/c1-3-14-42-36(10-1)12-7-17-43(42)38-24-22-34(23-25-38)35-26-30-40(31-27-35)51(48-20-8-13-37-11-2-4-15-44(37)48)41-32-28-39(29-33-41)45-18-9-19-47-46-16-5-6-21-49(46)52-50(45)47/h1-33H/i22D,23D,24D,25D,26D,27D,30D,31D. The Morgan fingerprint density at radius 2 is 0.904 bits per heavy atom. The van der Waals surface area contributed by atoms with Crippen molar-refractivity contribution in [3.05, 3.63) is 200 Å². The number of rotatable bonds is 6. The van der Waals surface area contributed by atoms with Gasteiger partial charge in [0.25, 0.3) is 0 Å². The summed E-state index contributed by atoms with van der Waals surface area (Å²) in [7, 11) is 0. The lowest BCUT2D eigenvalue weighted by atomic mass is 9.96. The van der Waals surface area contributed by atoms with E-state index >= 15 is 0 Å². The molecule has 0 radical (unpaired) electrons. The number of hydrogen-bond donors (Lipinski definition) is 0. The molecule has 0 amide bonds. The molecule has 0 bridgehead atoms. The van der Waals surface area contributed by atoms with Gasteiger partial charge in [-0.25, -0.2) is 0 Å². The van der Waals surface area contributed by atoms with Gasteiger partial charge in [0.05, 0.1) is 16.7 Å². The van der Waals surface area contributed by atoms with E-state index in [1.54, 1.807) is 17.0 Å². The van der Waals surface area contributed by atoms with Crippen molar-refractivity contribution in [3.63, 3.8) is 0 Å². The van der Waals surface area contributed by atoms with Crippen LogP contribution in [0.25, 0.3) is 76.9 Å². The Morgan fingerprint density at radius 1 is 0.365 bits per heavy atom. The van der Waals surface area contributed by atoms with Crippen LogP contribution in [-0.2, 0) is 0 Å². The first-order valence-electron chi connectivity index (χ1n) is 21.1. The van der Waals surface area contributed by atoms with Crippen LogP contribution in [0.2, 0.25) is 0 Å². The average molecular weight is 672 g/mol.